The minimum Gasteiger partial charge on any atom is -0.387 e. The molecule has 3 heterocycles. The average molecular weight is 622 g/mol. The number of nitrogens with zero attached hydrogens (tertiary/aromatic N) is 4. The molecule has 5 atom stereocenters. The maximum absolute atomic E-state index is 12.0. The molecule has 17 heteroatoms. The molecule has 4 aliphatic carbocycles. The number of fused-ring (bicyclic) bond motifs is 1. The van der Waals surface area contributed by atoms with E-state index in [2.05, 4.69) is 20.3 Å². The van der Waals surface area contributed by atoms with Crippen molar-refractivity contribution in [3.63, 3.8) is 0 Å². The van der Waals surface area contributed by atoms with E-state index in [1.54, 1.807) is 0 Å². The lowest BCUT2D eigenvalue weighted by Gasteiger charge is -2.57. The van der Waals surface area contributed by atoms with Crippen LogP contribution in [0.25, 0.3) is 11.2 Å². The fourth-order valence-electron chi connectivity index (χ4n) is 7.80. The molecule has 4 bridgehead atoms. The number of aromatic nitrogens is 4. The first-order valence-corrected chi connectivity index (χ1v) is 17.4. The van der Waals surface area contributed by atoms with E-state index in [1.807, 2.05) is 0 Å². The molecule has 3 unspecified atom stereocenters. The van der Waals surface area contributed by atoms with Gasteiger partial charge in [0, 0.05) is 6.54 Å². The molecule has 7 rings (SSSR count). The van der Waals surface area contributed by atoms with E-state index >= 15 is 0 Å². The van der Waals surface area contributed by atoms with Crippen LogP contribution in [0.2, 0.25) is 5.28 Å². The largest absolute Gasteiger partial charge is 0.387 e. The van der Waals surface area contributed by atoms with Gasteiger partial charge in [0.25, 0.3) is 0 Å². The van der Waals surface area contributed by atoms with Gasteiger partial charge in [-0.1, -0.05) is 0 Å². The Kier molecular flexibility index (Phi) is 7.60. The molecule has 2 aromatic heterocycles. The summed E-state index contributed by atoms with van der Waals surface area (Å²) in [5.41, 5.74) is 1.04. The predicted molar refractivity (Wildman–Crippen MR) is 143 cm³/mol. The van der Waals surface area contributed by atoms with Gasteiger partial charge in [0.05, 0.1) is 12.9 Å². The summed E-state index contributed by atoms with van der Waals surface area (Å²) in [6.45, 7) is 0.0139. The molecule has 14 nitrogen and oxygen atoms in total. The molecule has 6 N–H and O–H groups in total. The van der Waals surface area contributed by atoms with Crippen molar-refractivity contribution >= 4 is 43.8 Å². The molecule has 1 saturated heterocycles. The second-order valence-corrected chi connectivity index (χ2v) is 16.4. The number of rotatable bonds is 10. The Labute approximate surface area is 235 Å². The molecule has 5 fully saturated rings. The third-order valence-electron chi connectivity index (χ3n) is 8.92. The summed E-state index contributed by atoms with van der Waals surface area (Å²) in [5, 5.41) is 24.5. The molecule has 222 valence electrons. The minimum absolute atomic E-state index is 0.0434. The maximum Gasteiger partial charge on any atom is 0.340 e. The van der Waals surface area contributed by atoms with Crippen LogP contribution in [0.4, 0.5) is 5.82 Å². The van der Waals surface area contributed by atoms with Crippen LogP contribution in [-0.4, -0.2) is 81.8 Å². The lowest BCUT2D eigenvalue weighted by atomic mass is 9.49. The second-order valence-electron chi connectivity index (χ2n) is 12.0. The Morgan fingerprint density at radius 2 is 1.73 bits per heavy atom. The fraction of sp³-hybridized carbons (Fsp3) is 0.783. The number of ether oxygens (including phenoxy) is 1. The fourth-order valence-corrected chi connectivity index (χ4v) is 10.5. The molecule has 0 spiro atoms. The number of anilines is 1. The van der Waals surface area contributed by atoms with E-state index < -0.39 is 52.2 Å². The highest BCUT2D eigenvalue weighted by atomic mass is 35.5. The Morgan fingerprint density at radius 1 is 1.07 bits per heavy atom. The maximum atomic E-state index is 12.0. The van der Waals surface area contributed by atoms with Crippen molar-refractivity contribution < 1.29 is 43.3 Å². The minimum atomic E-state index is -4.82. The number of nitrogens with one attached hydrogen (secondary N) is 1. The molecule has 0 radical (unpaired) electrons. The van der Waals surface area contributed by atoms with Gasteiger partial charge in [-0.05, 0) is 79.7 Å². The molecule has 1 aliphatic heterocycles. The zero-order valence-corrected chi connectivity index (χ0v) is 24.2. The zero-order chi connectivity index (χ0) is 28.4. The summed E-state index contributed by atoms with van der Waals surface area (Å²) in [4.78, 5) is 40.6. The zero-order valence-electron chi connectivity index (χ0n) is 21.6. The van der Waals surface area contributed by atoms with E-state index in [9.17, 15) is 24.2 Å². The average Bonchev–Trinajstić information content (AvgIpc) is 3.36. The number of aliphatic hydroxyl groups is 2. The van der Waals surface area contributed by atoms with Crippen LogP contribution in [0.1, 0.15) is 51.2 Å². The first-order valence-electron chi connectivity index (χ1n) is 13.5. The van der Waals surface area contributed by atoms with Gasteiger partial charge in [-0.15, -0.1) is 0 Å². The van der Waals surface area contributed by atoms with Crippen LogP contribution < -0.4 is 5.32 Å². The lowest BCUT2D eigenvalue weighted by molar-refractivity contribution is -0.0552. The Morgan fingerprint density at radius 3 is 2.35 bits per heavy atom. The van der Waals surface area contributed by atoms with E-state index in [0.29, 0.717) is 23.3 Å². The summed E-state index contributed by atoms with van der Waals surface area (Å²) in [7, 11) is -9.50. The lowest BCUT2D eigenvalue weighted by Crippen LogP contribution is -2.46. The molecule has 40 heavy (non-hydrogen) atoms. The van der Waals surface area contributed by atoms with Crippen molar-refractivity contribution in [2.24, 2.45) is 23.2 Å². The van der Waals surface area contributed by atoms with E-state index in [4.69, 9.17) is 30.6 Å². The number of imidazole rings is 1. The third-order valence-corrected chi connectivity index (χ3v) is 12.5. The van der Waals surface area contributed by atoms with Crippen molar-refractivity contribution in [3.8, 4) is 0 Å². The first-order chi connectivity index (χ1) is 18.8. The Hall–Kier alpha value is -1.18. The standard InChI is InChI=1S/C23H34ClN5O9P2/c24-22-27-19(25-2-1-23-6-12-3-13(7-23)5-14(4-12)8-23)16-20(28-22)29(10-26-16)21-18(31)17(30)15(38-21)9-37-40(35,36)11-39(32,33)34/h10,12-15,17-18,21,30-31H,1-9,11H2,(H,35,36)(H,25,27,28)(H2,32,33,34)/t12?,13?,14?,15-,17?,18?,21-,23?/m1/s1. The summed E-state index contributed by atoms with van der Waals surface area (Å²) in [6.07, 6.45) is 4.95. The summed E-state index contributed by atoms with van der Waals surface area (Å²) in [6, 6.07) is 0. The van der Waals surface area contributed by atoms with Crippen molar-refractivity contribution in [1.82, 2.24) is 19.5 Å². The molecular weight excluding hydrogens is 588 g/mol. The molecule has 2 aromatic rings. The predicted octanol–water partition coefficient (Wildman–Crippen LogP) is 2.45. The van der Waals surface area contributed by atoms with Crippen molar-refractivity contribution in [2.75, 3.05) is 24.4 Å². The third kappa shape index (κ3) is 5.86. The van der Waals surface area contributed by atoms with Gasteiger partial charge >= 0.3 is 15.2 Å². The monoisotopic (exact) mass is 621 g/mol. The van der Waals surface area contributed by atoms with Gasteiger partial charge in [-0.2, -0.15) is 9.97 Å². The van der Waals surface area contributed by atoms with E-state index in [0.717, 1.165) is 24.2 Å². The molecule has 0 aromatic carbocycles. The Bertz CT molecular complexity index is 1340. The van der Waals surface area contributed by atoms with E-state index in [1.165, 1.54) is 49.4 Å². The van der Waals surface area contributed by atoms with Crippen LogP contribution >= 0.6 is 26.8 Å². The SMILES string of the molecule is O=P(O)(O)CP(=O)(O)OC[C@H]1O[C@@H](n2cnc3c(NCCC45CC6CC(CC(C6)C4)C5)nc(Cl)nc32)C(O)C1O. The number of hydrogen-bond donors (Lipinski definition) is 6. The topological polar surface area (TPSA) is 209 Å². The molecular formula is C23H34ClN5O9P2. The van der Waals surface area contributed by atoms with Crippen molar-refractivity contribution in [2.45, 2.75) is 69.5 Å². The number of hydrogen-bond acceptors (Lipinski definition) is 10. The van der Waals surface area contributed by atoms with Gasteiger partial charge in [-0.25, -0.2) is 4.98 Å². The van der Waals surface area contributed by atoms with Gasteiger partial charge < -0.3 is 39.5 Å². The summed E-state index contributed by atoms with van der Waals surface area (Å²) in [5.74, 6) is 1.65. The highest BCUT2D eigenvalue weighted by Crippen LogP contribution is 2.61. The van der Waals surface area contributed by atoms with E-state index in [-0.39, 0.29) is 10.9 Å². The van der Waals surface area contributed by atoms with Gasteiger partial charge in [0.1, 0.15) is 18.3 Å². The number of aliphatic hydroxyl groups excluding tert-OH is 2. The van der Waals surface area contributed by atoms with Crippen LogP contribution in [0.15, 0.2) is 6.33 Å². The van der Waals surface area contributed by atoms with Crippen LogP contribution in [0.5, 0.6) is 0 Å². The summed E-state index contributed by atoms with van der Waals surface area (Å²) < 4.78 is 34.9. The number of halogens is 1. The van der Waals surface area contributed by atoms with Crippen LogP contribution in [0, 0.1) is 23.2 Å². The van der Waals surface area contributed by atoms with Crippen LogP contribution in [-0.2, 0) is 18.4 Å². The molecule has 5 aliphatic rings. The highest BCUT2D eigenvalue weighted by Gasteiger charge is 2.50. The van der Waals surface area contributed by atoms with Gasteiger partial charge in [0.15, 0.2) is 29.1 Å². The second kappa shape index (κ2) is 10.5. The highest BCUT2D eigenvalue weighted by molar-refractivity contribution is 7.70. The quantitative estimate of drug-likeness (QED) is 0.166. The summed E-state index contributed by atoms with van der Waals surface area (Å²) >= 11 is 6.24. The van der Waals surface area contributed by atoms with Crippen molar-refractivity contribution in [3.05, 3.63) is 11.6 Å². The molecule has 0 amide bonds. The van der Waals surface area contributed by atoms with Crippen molar-refractivity contribution in [1.29, 1.82) is 0 Å². The van der Waals surface area contributed by atoms with Gasteiger partial charge in [-0.3, -0.25) is 13.7 Å². The Balaban J connectivity index is 1.14. The van der Waals surface area contributed by atoms with Gasteiger partial charge in [0.2, 0.25) is 5.28 Å². The molecule has 4 saturated carbocycles. The first kappa shape index (κ1) is 28.9. The smallest absolute Gasteiger partial charge is 0.340 e. The van der Waals surface area contributed by atoms with Crippen LogP contribution in [0.3, 0.4) is 0 Å². The normalized spacial score (nSPS) is 36.8.